The van der Waals surface area contributed by atoms with E-state index in [2.05, 4.69) is 58.0 Å². The molecule has 5 rings (SSSR count). The highest BCUT2D eigenvalue weighted by molar-refractivity contribution is 5.78. The number of rotatable bonds is 8. The molecule has 2 aromatic heterocycles. The van der Waals surface area contributed by atoms with E-state index in [-0.39, 0.29) is 11.9 Å². The van der Waals surface area contributed by atoms with E-state index in [9.17, 15) is 4.39 Å². The molecule has 1 aliphatic heterocycles. The van der Waals surface area contributed by atoms with Crippen LogP contribution in [-0.2, 0) is 13.0 Å². The molecule has 3 heterocycles. The fraction of sp³-hybridized carbons (Fsp3) is 0.321. The van der Waals surface area contributed by atoms with Crippen molar-refractivity contribution in [1.82, 2.24) is 24.4 Å². The largest absolute Gasteiger partial charge is 0.354 e. The Balaban J connectivity index is 1.52. The van der Waals surface area contributed by atoms with E-state index in [1.807, 2.05) is 13.0 Å². The van der Waals surface area contributed by atoms with Gasteiger partial charge in [0.05, 0.1) is 17.1 Å². The van der Waals surface area contributed by atoms with Crippen molar-refractivity contribution in [2.24, 2.45) is 0 Å². The summed E-state index contributed by atoms with van der Waals surface area (Å²) < 4.78 is 16.0. The van der Waals surface area contributed by atoms with Crippen LogP contribution < -0.4 is 5.32 Å². The minimum atomic E-state index is -0.255. The molecule has 2 aromatic carbocycles. The van der Waals surface area contributed by atoms with Gasteiger partial charge in [-0.2, -0.15) is 0 Å². The number of hydrogen-bond donors (Lipinski definition) is 1. The van der Waals surface area contributed by atoms with Crippen LogP contribution in [0.1, 0.15) is 36.3 Å². The maximum absolute atomic E-state index is 13.7. The second-order valence-electron chi connectivity index (χ2n) is 9.28. The minimum absolute atomic E-state index is 0.255. The van der Waals surface area contributed by atoms with E-state index in [0.717, 1.165) is 60.9 Å². The maximum Gasteiger partial charge on any atom is 0.223 e. The zero-order chi connectivity index (χ0) is 24.4. The highest BCUT2D eigenvalue weighted by atomic mass is 19.1. The van der Waals surface area contributed by atoms with Crippen molar-refractivity contribution in [2.75, 3.05) is 25.5 Å². The number of aromatic nitrogens is 4. The molecule has 0 saturated carbocycles. The van der Waals surface area contributed by atoms with Crippen LogP contribution in [0.4, 0.5) is 10.3 Å². The van der Waals surface area contributed by atoms with E-state index < -0.39 is 0 Å². The van der Waals surface area contributed by atoms with Crippen LogP contribution in [0.5, 0.6) is 0 Å². The summed E-state index contributed by atoms with van der Waals surface area (Å²) in [6.07, 6.45) is 3.72. The Labute approximate surface area is 205 Å². The van der Waals surface area contributed by atoms with Crippen LogP contribution in [0.25, 0.3) is 22.6 Å². The first-order chi connectivity index (χ1) is 17.0. The van der Waals surface area contributed by atoms with Crippen LogP contribution in [0.3, 0.4) is 0 Å². The number of fused-ring (bicyclic) bond motifs is 1. The number of nitrogens with one attached hydrogen (secondary N) is 1. The van der Waals surface area contributed by atoms with Gasteiger partial charge in [-0.1, -0.05) is 29.8 Å². The molecular weight excluding hydrogens is 439 g/mol. The summed E-state index contributed by atoms with van der Waals surface area (Å²) in [5.74, 6) is 1.39. The van der Waals surface area contributed by atoms with Crippen molar-refractivity contribution in [3.8, 4) is 22.6 Å². The van der Waals surface area contributed by atoms with Crippen molar-refractivity contribution in [2.45, 2.75) is 39.3 Å². The molecule has 6 nitrogen and oxygen atoms in total. The van der Waals surface area contributed by atoms with Crippen LogP contribution in [0.2, 0.25) is 0 Å². The smallest absolute Gasteiger partial charge is 0.223 e. The van der Waals surface area contributed by atoms with Crippen LogP contribution in [-0.4, -0.2) is 44.6 Å². The molecule has 1 N–H and O–H groups in total. The van der Waals surface area contributed by atoms with Gasteiger partial charge < -0.3 is 14.8 Å². The molecule has 1 atom stereocenters. The monoisotopic (exact) mass is 470 g/mol. The van der Waals surface area contributed by atoms with Crippen LogP contribution in [0.15, 0.2) is 60.8 Å². The summed E-state index contributed by atoms with van der Waals surface area (Å²) >= 11 is 0. The molecule has 0 bridgehead atoms. The number of anilines is 1. The SMILES string of the molecule is CCNc1nccc(-c2c(-c3ccc(F)cc3)nc3n2[C@H](CN(C)Cc2cccc(C)c2)CC3)n1. The van der Waals surface area contributed by atoms with E-state index in [1.54, 1.807) is 18.3 Å². The molecule has 0 aliphatic carbocycles. The Bertz CT molecular complexity index is 1310. The van der Waals surface area contributed by atoms with Crippen LogP contribution in [0, 0.1) is 12.7 Å². The van der Waals surface area contributed by atoms with Crippen molar-refractivity contribution in [1.29, 1.82) is 0 Å². The lowest BCUT2D eigenvalue weighted by molar-refractivity contribution is 0.274. The van der Waals surface area contributed by atoms with E-state index >= 15 is 0 Å². The van der Waals surface area contributed by atoms with Crippen LogP contribution >= 0.6 is 0 Å². The number of benzene rings is 2. The average Bonchev–Trinajstić information content (AvgIpc) is 3.40. The predicted octanol–water partition coefficient (Wildman–Crippen LogP) is 5.51. The lowest BCUT2D eigenvalue weighted by Gasteiger charge is -2.24. The average molecular weight is 471 g/mol. The zero-order valence-corrected chi connectivity index (χ0v) is 20.5. The van der Waals surface area contributed by atoms with Gasteiger partial charge in [0.2, 0.25) is 5.95 Å². The topological polar surface area (TPSA) is 58.9 Å². The number of hydrogen-bond acceptors (Lipinski definition) is 5. The predicted molar refractivity (Wildman–Crippen MR) is 138 cm³/mol. The molecule has 0 unspecified atom stereocenters. The first-order valence-corrected chi connectivity index (χ1v) is 12.2. The second-order valence-corrected chi connectivity index (χ2v) is 9.28. The molecule has 35 heavy (non-hydrogen) atoms. The van der Waals surface area contributed by atoms with Gasteiger partial charge in [0.15, 0.2) is 0 Å². The molecule has 1 aliphatic rings. The Morgan fingerprint density at radius 1 is 1.11 bits per heavy atom. The third-order valence-electron chi connectivity index (χ3n) is 6.46. The van der Waals surface area contributed by atoms with Gasteiger partial charge in [0, 0.05) is 43.9 Å². The summed E-state index contributed by atoms with van der Waals surface area (Å²) in [5, 5.41) is 3.21. The first-order valence-electron chi connectivity index (χ1n) is 12.2. The lowest BCUT2D eigenvalue weighted by Crippen LogP contribution is -2.26. The van der Waals surface area contributed by atoms with Gasteiger partial charge in [-0.05, 0) is 63.2 Å². The zero-order valence-electron chi connectivity index (χ0n) is 20.5. The Morgan fingerprint density at radius 3 is 2.71 bits per heavy atom. The minimum Gasteiger partial charge on any atom is -0.354 e. The van der Waals surface area contributed by atoms with Crippen molar-refractivity contribution in [3.05, 3.63) is 83.6 Å². The molecule has 0 saturated heterocycles. The summed E-state index contributed by atoms with van der Waals surface area (Å²) in [6, 6.07) is 17.4. The normalized spacial score (nSPS) is 14.9. The first kappa shape index (κ1) is 23.2. The number of aryl methyl sites for hydroxylation is 2. The van der Waals surface area contributed by atoms with Gasteiger partial charge in [0.25, 0.3) is 0 Å². The van der Waals surface area contributed by atoms with E-state index in [4.69, 9.17) is 9.97 Å². The molecular formula is C28H31FN6. The van der Waals surface area contributed by atoms with Gasteiger partial charge >= 0.3 is 0 Å². The van der Waals surface area contributed by atoms with Crippen molar-refractivity contribution in [3.63, 3.8) is 0 Å². The number of halogens is 1. The summed E-state index contributed by atoms with van der Waals surface area (Å²) in [6.45, 7) is 6.69. The number of nitrogens with zero attached hydrogens (tertiary/aromatic N) is 5. The maximum atomic E-state index is 13.7. The van der Waals surface area contributed by atoms with Gasteiger partial charge in [-0.3, -0.25) is 0 Å². The summed E-state index contributed by atoms with van der Waals surface area (Å²) in [4.78, 5) is 16.6. The Kier molecular flexibility index (Phi) is 6.59. The molecule has 0 spiro atoms. The fourth-order valence-corrected chi connectivity index (χ4v) is 4.98. The molecule has 7 heteroatoms. The van der Waals surface area contributed by atoms with E-state index in [0.29, 0.717) is 5.95 Å². The summed E-state index contributed by atoms with van der Waals surface area (Å²) in [5.41, 5.74) is 6.11. The fourth-order valence-electron chi connectivity index (χ4n) is 4.98. The number of likely N-dealkylation sites (N-methyl/N-ethyl adjacent to an activating group) is 1. The van der Waals surface area contributed by atoms with Gasteiger partial charge in [0.1, 0.15) is 11.6 Å². The second kappa shape index (κ2) is 9.96. The van der Waals surface area contributed by atoms with Gasteiger partial charge in [-0.25, -0.2) is 19.3 Å². The van der Waals surface area contributed by atoms with Crippen molar-refractivity contribution < 1.29 is 4.39 Å². The molecule has 0 fully saturated rings. The standard InChI is InChI=1S/C28H31FN6/c1-4-30-28-31-15-14-24(32-28)27-26(21-8-10-22(29)11-9-21)33-25-13-12-23(35(25)27)18-34(3)17-20-7-5-6-19(2)16-20/h5-11,14-16,23H,4,12-13,17-18H2,1-3H3,(H,30,31,32)/t23-/m0/s1. The molecule has 0 radical (unpaired) electrons. The molecule has 180 valence electrons. The molecule has 0 amide bonds. The highest BCUT2D eigenvalue weighted by Crippen LogP contribution is 2.39. The Morgan fingerprint density at radius 2 is 1.94 bits per heavy atom. The lowest BCUT2D eigenvalue weighted by atomic mass is 10.1. The molecule has 4 aromatic rings. The quantitative estimate of drug-likeness (QED) is 0.368. The third-order valence-corrected chi connectivity index (χ3v) is 6.46. The highest BCUT2D eigenvalue weighted by Gasteiger charge is 2.31. The van der Waals surface area contributed by atoms with Gasteiger partial charge in [-0.15, -0.1) is 0 Å². The third kappa shape index (κ3) is 4.95. The van der Waals surface area contributed by atoms with Crippen molar-refractivity contribution >= 4 is 5.95 Å². The summed E-state index contributed by atoms with van der Waals surface area (Å²) in [7, 11) is 2.17. The number of imidazole rings is 1. The van der Waals surface area contributed by atoms with E-state index in [1.165, 1.54) is 23.3 Å². The Hall–Kier alpha value is -3.58.